The Morgan fingerprint density at radius 3 is 2.68 bits per heavy atom. The molecule has 2 atom stereocenters. The molecule has 1 N–H and O–H groups in total. The quantitative estimate of drug-likeness (QED) is 0.607. The number of allylic oxidation sites excluding steroid dienone is 2. The Kier molecular flexibility index (Phi) is 4.77. The SMILES string of the molecule is CCC1(c2cccc(N(c3cccnc3)C3CC3)c2)C2=CN=NC2NC2=C1C(=O)CC(C)(C)C2. The monoisotopic (exact) mass is 453 g/mol. The minimum Gasteiger partial charge on any atom is -0.362 e. The molecule has 0 bridgehead atoms. The molecule has 0 radical (unpaired) electrons. The number of benzene rings is 1. The van der Waals surface area contributed by atoms with E-state index in [1.54, 1.807) is 0 Å². The summed E-state index contributed by atoms with van der Waals surface area (Å²) >= 11 is 0. The van der Waals surface area contributed by atoms with Crippen LogP contribution in [0.2, 0.25) is 0 Å². The number of nitrogens with zero attached hydrogens (tertiary/aromatic N) is 4. The second kappa shape index (κ2) is 7.62. The minimum atomic E-state index is -0.525. The Balaban J connectivity index is 1.53. The highest BCUT2D eigenvalue weighted by molar-refractivity contribution is 6.01. The van der Waals surface area contributed by atoms with Crippen LogP contribution in [0.1, 0.15) is 58.4 Å². The van der Waals surface area contributed by atoms with Crippen LogP contribution in [-0.4, -0.2) is 23.0 Å². The maximum absolute atomic E-state index is 13.7. The molecule has 1 aromatic carbocycles. The number of azo groups is 1. The normalized spacial score (nSPS) is 27.1. The molecule has 1 saturated carbocycles. The van der Waals surface area contributed by atoms with Gasteiger partial charge < -0.3 is 10.2 Å². The Morgan fingerprint density at radius 2 is 1.94 bits per heavy atom. The number of hydrogen-bond acceptors (Lipinski definition) is 6. The highest BCUT2D eigenvalue weighted by Gasteiger charge is 2.53. The van der Waals surface area contributed by atoms with E-state index >= 15 is 0 Å². The number of pyridine rings is 1. The van der Waals surface area contributed by atoms with Crippen molar-refractivity contribution in [2.24, 2.45) is 15.6 Å². The third-order valence-corrected chi connectivity index (χ3v) is 7.76. The zero-order chi connectivity index (χ0) is 23.5. The molecular formula is C28H31N5O. The van der Waals surface area contributed by atoms with E-state index in [-0.39, 0.29) is 17.4 Å². The number of nitrogens with one attached hydrogen (secondary N) is 1. The van der Waals surface area contributed by atoms with E-state index in [1.807, 2.05) is 24.7 Å². The van der Waals surface area contributed by atoms with Gasteiger partial charge in [-0.2, -0.15) is 10.2 Å². The maximum Gasteiger partial charge on any atom is 0.164 e. The van der Waals surface area contributed by atoms with Crippen molar-refractivity contribution < 1.29 is 4.79 Å². The van der Waals surface area contributed by atoms with Gasteiger partial charge in [0, 0.05) is 41.2 Å². The number of fused-ring (bicyclic) bond motifs is 1. The van der Waals surface area contributed by atoms with Crippen LogP contribution >= 0.6 is 0 Å². The van der Waals surface area contributed by atoms with Gasteiger partial charge in [0.2, 0.25) is 0 Å². The zero-order valence-corrected chi connectivity index (χ0v) is 20.1. The van der Waals surface area contributed by atoms with E-state index in [2.05, 4.69) is 76.5 Å². The van der Waals surface area contributed by atoms with E-state index < -0.39 is 5.41 Å². The van der Waals surface area contributed by atoms with E-state index in [0.29, 0.717) is 12.5 Å². The predicted molar refractivity (Wildman–Crippen MR) is 133 cm³/mol. The minimum absolute atomic E-state index is 0.0652. The van der Waals surface area contributed by atoms with Crippen molar-refractivity contribution in [1.29, 1.82) is 0 Å². The second-order valence-electron chi connectivity index (χ2n) is 10.8. The lowest BCUT2D eigenvalue weighted by Crippen LogP contribution is -2.51. The smallest absolute Gasteiger partial charge is 0.164 e. The number of ketones is 1. The molecule has 6 rings (SSSR count). The summed E-state index contributed by atoms with van der Waals surface area (Å²) in [5, 5.41) is 12.4. The van der Waals surface area contributed by atoms with Gasteiger partial charge in [-0.25, -0.2) is 0 Å². The van der Waals surface area contributed by atoms with Crippen molar-refractivity contribution in [3.63, 3.8) is 0 Å². The Morgan fingerprint density at radius 1 is 1.12 bits per heavy atom. The van der Waals surface area contributed by atoms with Crippen LogP contribution < -0.4 is 10.2 Å². The molecule has 34 heavy (non-hydrogen) atoms. The average molecular weight is 454 g/mol. The standard InChI is InChI=1S/C28H31N5O/c1-4-28(22-17-30-32-26(22)31-23-14-27(2,3)15-24(34)25(23)28)18-7-5-8-20(13-18)33(19-10-11-19)21-9-6-12-29-16-21/h5-9,12-13,16-17,19,26,31H,4,10-11,14-15H2,1-3H3. The first-order valence-corrected chi connectivity index (χ1v) is 12.4. The van der Waals surface area contributed by atoms with Gasteiger partial charge in [0.15, 0.2) is 11.9 Å². The lowest BCUT2D eigenvalue weighted by molar-refractivity contribution is -0.119. The van der Waals surface area contributed by atoms with Crippen LogP contribution in [0.3, 0.4) is 0 Å². The van der Waals surface area contributed by atoms with Crippen molar-refractivity contribution in [2.75, 3.05) is 4.90 Å². The third kappa shape index (κ3) is 3.23. The molecule has 2 aliphatic carbocycles. The van der Waals surface area contributed by atoms with E-state index in [9.17, 15) is 4.79 Å². The summed E-state index contributed by atoms with van der Waals surface area (Å²) in [7, 11) is 0. The van der Waals surface area contributed by atoms with Gasteiger partial charge in [-0.15, -0.1) is 0 Å². The molecule has 2 unspecified atom stereocenters. The zero-order valence-electron chi connectivity index (χ0n) is 20.1. The van der Waals surface area contributed by atoms with Crippen molar-refractivity contribution in [1.82, 2.24) is 10.3 Å². The molecule has 0 amide bonds. The largest absolute Gasteiger partial charge is 0.362 e. The summed E-state index contributed by atoms with van der Waals surface area (Å²) in [6.45, 7) is 6.53. The summed E-state index contributed by atoms with van der Waals surface area (Å²) in [6.07, 6.45) is 9.97. The van der Waals surface area contributed by atoms with Crippen molar-refractivity contribution >= 4 is 17.2 Å². The fourth-order valence-corrected chi connectivity index (χ4v) is 6.21. The Hall–Kier alpha value is -3.28. The fourth-order valence-electron chi connectivity index (χ4n) is 6.21. The second-order valence-corrected chi connectivity index (χ2v) is 10.8. The van der Waals surface area contributed by atoms with Crippen LogP contribution in [0.25, 0.3) is 0 Å². The van der Waals surface area contributed by atoms with Crippen LogP contribution in [-0.2, 0) is 10.2 Å². The third-order valence-electron chi connectivity index (χ3n) is 7.76. The first-order valence-electron chi connectivity index (χ1n) is 12.4. The number of carbonyl (C=O) groups is 1. The molecule has 4 aliphatic rings. The van der Waals surface area contributed by atoms with E-state index in [4.69, 9.17) is 0 Å². The molecule has 3 heterocycles. The van der Waals surface area contributed by atoms with Gasteiger partial charge in [0.1, 0.15) is 0 Å². The number of carbonyl (C=O) groups excluding carboxylic acids is 1. The fraction of sp³-hybridized carbons (Fsp3) is 0.429. The topological polar surface area (TPSA) is 70.0 Å². The molecule has 174 valence electrons. The highest BCUT2D eigenvalue weighted by Crippen LogP contribution is 2.54. The van der Waals surface area contributed by atoms with Crippen LogP contribution in [0.15, 0.2) is 82.1 Å². The molecule has 1 aromatic heterocycles. The molecule has 2 aromatic rings. The first kappa shape index (κ1) is 21.3. The molecule has 6 heteroatoms. The maximum atomic E-state index is 13.7. The van der Waals surface area contributed by atoms with Gasteiger partial charge in [0.25, 0.3) is 0 Å². The van der Waals surface area contributed by atoms with Gasteiger partial charge in [-0.3, -0.25) is 9.78 Å². The Bertz CT molecular complexity index is 1240. The average Bonchev–Trinajstić information content (AvgIpc) is 3.53. The summed E-state index contributed by atoms with van der Waals surface area (Å²) in [5.74, 6) is 0.239. The lowest BCUT2D eigenvalue weighted by Gasteiger charge is -2.48. The van der Waals surface area contributed by atoms with Crippen LogP contribution in [0.4, 0.5) is 11.4 Å². The summed E-state index contributed by atoms with van der Waals surface area (Å²) in [4.78, 5) is 20.5. The molecular weight excluding hydrogens is 422 g/mol. The molecule has 6 nitrogen and oxygen atoms in total. The van der Waals surface area contributed by atoms with Crippen LogP contribution in [0.5, 0.6) is 0 Å². The molecule has 2 aliphatic heterocycles. The number of rotatable bonds is 5. The number of hydrogen-bond donors (Lipinski definition) is 1. The van der Waals surface area contributed by atoms with Crippen molar-refractivity contribution in [3.8, 4) is 0 Å². The summed E-state index contributed by atoms with van der Waals surface area (Å²) in [5.41, 5.74) is 5.85. The Labute approximate surface area is 200 Å². The molecule has 0 spiro atoms. The highest BCUT2D eigenvalue weighted by atomic mass is 16.1. The van der Waals surface area contributed by atoms with Crippen molar-refractivity contribution in [2.45, 2.75) is 70.5 Å². The first-order chi connectivity index (χ1) is 16.4. The van der Waals surface area contributed by atoms with Gasteiger partial charge in [-0.1, -0.05) is 32.9 Å². The summed E-state index contributed by atoms with van der Waals surface area (Å²) in [6, 6.07) is 13.4. The number of aromatic nitrogens is 1. The van der Waals surface area contributed by atoms with Crippen molar-refractivity contribution in [3.05, 3.63) is 77.4 Å². The van der Waals surface area contributed by atoms with E-state index in [0.717, 1.165) is 46.6 Å². The van der Waals surface area contributed by atoms with Gasteiger partial charge in [0.05, 0.1) is 23.5 Å². The number of anilines is 2. The van der Waals surface area contributed by atoms with Crippen LogP contribution in [0, 0.1) is 5.41 Å². The number of Topliss-reactive ketones (excluding diaryl/α,β-unsaturated/α-hetero) is 1. The lowest BCUT2D eigenvalue weighted by atomic mass is 9.59. The molecule has 0 saturated heterocycles. The van der Waals surface area contributed by atoms with E-state index in [1.165, 1.54) is 12.8 Å². The van der Waals surface area contributed by atoms with Gasteiger partial charge in [-0.05, 0) is 60.9 Å². The molecule has 1 fully saturated rings. The van der Waals surface area contributed by atoms with Gasteiger partial charge >= 0.3 is 0 Å². The predicted octanol–water partition coefficient (Wildman–Crippen LogP) is 5.95. The summed E-state index contributed by atoms with van der Waals surface area (Å²) < 4.78 is 0.